The van der Waals surface area contributed by atoms with Crippen LogP contribution in [0.1, 0.15) is 24.0 Å². The molecule has 1 unspecified atom stereocenters. The van der Waals surface area contributed by atoms with Crippen molar-refractivity contribution in [2.75, 3.05) is 25.4 Å². The standard InChI is InChI=1S/C16H24N2OS.ClH/c1-12-5-6-13(2)15(8-12)20-11-16(19)18-10-14-4-3-7-17-9-14;/h5-6,8,14,17H,3-4,7,9-11H2,1-2H3,(H,18,19);1H. The van der Waals surface area contributed by atoms with Crippen LogP contribution in [0.3, 0.4) is 0 Å². The summed E-state index contributed by atoms with van der Waals surface area (Å²) < 4.78 is 0. The Morgan fingerprint density at radius 2 is 2.24 bits per heavy atom. The fourth-order valence-corrected chi connectivity index (χ4v) is 3.37. The molecule has 118 valence electrons. The molecule has 0 aliphatic carbocycles. The molecule has 0 spiro atoms. The number of piperidine rings is 1. The zero-order chi connectivity index (χ0) is 14.4. The summed E-state index contributed by atoms with van der Waals surface area (Å²) in [7, 11) is 0. The molecule has 0 aromatic heterocycles. The lowest BCUT2D eigenvalue weighted by atomic mass is 10.00. The molecule has 1 fully saturated rings. The van der Waals surface area contributed by atoms with Gasteiger partial charge in [0.2, 0.25) is 5.91 Å². The van der Waals surface area contributed by atoms with Gasteiger partial charge in [0.15, 0.2) is 0 Å². The van der Waals surface area contributed by atoms with Crippen molar-refractivity contribution >= 4 is 30.1 Å². The molecular weight excluding hydrogens is 304 g/mol. The lowest BCUT2D eigenvalue weighted by molar-refractivity contribution is -0.118. The summed E-state index contributed by atoms with van der Waals surface area (Å²) in [6, 6.07) is 6.37. The Morgan fingerprint density at radius 1 is 1.43 bits per heavy atom. The molecule has 1 aromatic rings. The van der Waals surface area contributed by atoms with Crippen molar-refractivity contribution in [3.05, 3.63) is 29.3 Å². The minimum Gasteiger partial charge on any atom is -0.355 e. The summed E-state index contributed by atoms with van der Waals surface area (Å²) >= 11 is 1.63. The van der Waals surface area contributed by atoms with E-state index in [-0.39, 0.29) is 18.3 Å². The van der Waals surface area contributed by atoms with Crippen molar-refractivity contribution < 1.29 is 4.79 Å². The number of nitrogens with one attached hydrogen (secondary N) is 2. The van der Waals surface area contributed by atoms with Crippen molar-refractivity contribution in [2.45, 2.75) is 31.6 Å². The van der Waals surface area contributed by atoms with Gasteiger partial charge in [0.1, 0.15) is 0 Å². The Hall–Kier alpha value is -0.710. The maximum Gasteiger partial charge on any atom is 0.230 e. The highest BCUT2D eigenvalue weighted by Gasteiger charge is 2.14. The number of aryl methyl sites for hydroxylation is 2. The molecule has 5 heteroatoms. The van der Waals surface area contributed by atoms with Crippen LogP contribution in [0.5, 0.6) is 0 Å². The Labute approximate surface area is 138 Å². The van der Waals surface area contributed by atoms with E-state index in [9.17, 15) is 4.79 Å². The van der Waals surface area contributed by atoms with Crippen molar-refractivity contribution in [1.82, 2.24) is 10.6 Å². The fraction of sp³-hybridized carbons (Fsp3) is 0.562. The first-order valence-corrected chi connectivity index (χ1v) is 8.31. The largest absolute Gasteiger partial charge is 0.355 e. The molecule has 2 N–H and O–H groups in total. The minimum atomic E-state index is 0. The van der Waals surface area contributed by atoms with Crippen molar-refractivity contribution in [3.63, 3.8) is 0 Å². The second kappa shape index (κ2) is 9.34. The number of thioether (sulfide) groups is 1. The monoisotopic (exact) mass is 328 g/mol. The van der Waals surface area contributed by atoms with E-state index in [2.05, 4.69) is 42.7 Å². The van der Waals surface area contributed by atoms with Gasteiger partial charge >= 0.3 is 0 Å². The number of hydrogen-bond donors (Lipinski definition) is 2. The molecule has 1 atom stereocenters. The molecule has 0 bridgehead atoms. The average molecular weight is 329 g/mol. The molecule has 1 saturated heterocycles. The van der Waals surface area contributed by atoms with Gasteiger partial charge in [-0.05, 0) is 57.3 Å². The molecule has 1 aliphatic rings. The van der Waals surface area contributed by atoms with Gasteiger partial charge in [0, 0.05) is 11.4 Å². The number of carbonyl (C=O) groups is 1. The smallest absolute Gasteiger partial charge is 0.230 e. The first kappa shape index (κ1) is 18.3. The average Bonchev–Trinajstić information content (AvgIpc) is 2.47. The van der Waals surface area contributed by atoms with Crippen LogP contribution in [0, 0.1) is 19.8 Å². The van der Waals surface area contributed by atoms with Gasteiger partial charge in [-0.3, -0.25) is 4.79 Å². The lowest BCUT2D eigenvalue weighted by Crippen LogP contribution is -2.38. The van der Waals surface area contributed by atoms with Crippen LogP contribution < -0.4 is 10.6 Å². The van der Waals surface area contributed by atoms with Crippen LogP contribution in [0.4, 0.5) is 0 Å². The van der Waals surface area contributed by atoms with E-state index in [4.69, 9.17) is 0 Å². The van der Waals surface area contributed by atoms with E-state index in [1.807, 2.05) is 0 Å². The van der Waals surface area contributed by atoms with E-state index < -0.39 is 0 Å². The zero-order valence-corrected chi connectivity index (χ0v) is 14.4. The molecule has 0 saturated carbocycles. The molecular formula is C16H25ClN2OS. The summed E-state index contributed by atoms with van der Waals surface area (Å²) in [5.74, 6) is 1.24. The van der Waals surface area contributed by atoms with E-state index in [0.717, 1.165) is 19.6 Å². The van der Waals surface area contributed by atoms with E-state index >= 15 is 0 Å². The molecule has 3 nitrogen and oxygen atoms in total. The van der Waals surface area contributed by atoms with E-state index in [1.165, 1.54) is 28.9 Å². The number of halogens is 1. The van der Waals surface area contributed by atoms with Gasteiger partial charge in [-0.1, -0.05) is 17.7 Å². The topological polar surface area (TPSA) is 41.1 Å². The molecule has 1 aliphatic heterocycles. The molecule has 1 amide bonds. The van der Waals surface area contributed by atoms with Gasteiger partial charge in [-0.15, -0.1) is 24.2 Å². The van der Waals surface area contributed by atoms with E-state index in [1.54, 1.807) is 11.8 Å². The quantitative estimate of drug-likeness (QED) is 0.817. The maximum atomic E-state index is 11.9. The van der Waals surface area contributed by atoms with Gasteiger partial charge in [-0.2, -0.15) is 0 Å². The summed E-state index contributed by atoms with van der Waals surface area (Å²) in [6.07, 6.45) is 2.44. The van der Waals surface area contributed by atoms with Gasteiger partial charge < -0.3 is 10.6 Å². The third kappa shape index (κ3) is 6.29. The predicted octanol–water partition coefficient (Wildman–Crippen LogP) is 2.93. The first-order valence-electron chi connectivity index (χ1n) is 7.32. The normalized spacial score (nSPS) is 17.9. The van der Waals surface area contributed by atoms with Gasteiger partial charge in [0.25, 0.3) is 0 Å². The SMILES string of the molecule is Cc1ccc(C)c(SCC(=O)NCC2CCCNC2)c1.Cl. The van der Waals surface area contributed by atoms with Crippen LogP contribution in [0.15, 0.2) is 23.1 Å². The molecule has 1 aromatic carbocycles. The van der Waals surface area contributed by atoms with E-state index in [0.29, 0.717) is 11.7 Å². The number of hydrogen-bond acceptors (Lipinski definition) is 3. The highest BCUT2D eigenvalue weighted by atomic mass is 35.5. The minimum absolute atomic E-state index is 0. The summed E-state index contributed by atoms with van der Waals surface area (Å²) in [6.45, 7) is 7.13. The number of rotatable bonds is 5. The van der Waals surface area contributed by atoms with Crippen LogP contribution in [-0.4, -0.2) is 31.3 Å². The second-order valence-corrected chi connectivity index (χ2v) is 6.59. The second-order valence-electron chi connectivity index (χ2n) is 5.57. The summed E-state index contributed by atoms with van der Waals surface area (Å²) in [5.41, 5.74) is 2.48. The van der Waals surface area contributed by atoms with Gasteiger partial charge in [-0.25, -0.2) is 0 Å². The van der Waals surface area contributed by atoms with Crippen LogP contribution in [-0.2, 0) is 4.79 Å². The molecule has 1 heterocycles. The number of benzene rings is 1. The van der Waals surface area contributed by atoms with Gasteiger partial charge in [0.05, 0.1) is 5.75 Å². The maximum absolute atomic E-state index is 11.9. The summed E-state index contributed by atoms with van der Waals surface area (Å²) in [5, 5.41) is 6.43. The van der Waals surface area contributed by atoms with Crippen LogP contribution >= 0.6 is 24.2 Å². The number of amides is 1. The highest BCUT2D eigenvalue weighted by molar-refractivity contribution is 8.00. The molecule has 2 rings (SSSR count). The Kier molecular flexibility index (Phi) is 8.15. The van der Waals surface area contributed by atoms with Crippen molar-refractivity contribution in [2.24, 2.45) is 5.92 Å². The fourth-order valence-electron chi connectivity index (χ4n) is 2.41. The van der Waals surface area contributed by atoms with Crippen molar-refractivity contribution in [3.8, 4) is 0 Å². The first-order chi connectivity index (χ1) is 9.65. The third-order valence-corrected chi connectivity index (χ3v) is 4.85. The highest BCUT2D eigenvalue weighted by Crippen LogP contribution is 2.23. The summed E-state index contributed by atoms with van der Waals surface area (Å²) in [4.78, 5) is 13.1. The van der Waals surface area contributed by atoms with Crippen LogP contribution in [0.25, 0.3) is 0 Å². The Balaban J connectivity index is 0.00000220. The zero-order valence-electron chi connectivity index (χ0n) is 12.8. The predicted molar refractivity (Wildman–Crippen MR) is 92.5 cm³/mol. The molecule has 21 heavy (non-hydrogen) atoms. The Morgan fingerprint density at radius 3 is 2.95 bits per heavy atom. The van der Waals surface area contributed by atoms with Crippen molar-refractivity contribution in [1.29, 1.82) is 0 Å². The Bertz CT molecular complexity index is 462. The molecule has 0 radical (unpaired) electrons. The lowest BCUT2D eigenvalue weighted by Gasteiger charge is -2.22. The van der Waals surface area contributed by atoms with Crippen LogP contribution in [0.2, 0.25) is 0 Å². The third-order valence-electron chi connectivity index (χ3n) is 3.69. The number of carbonyl (C=O) groups excluding carboxylic acids is 1.